The Kier molecular flexibility index (Phi) is 10.9. The van der Waals surface area contributed by atoms with Gasteiger partial charge in [-0.3, -0.25) is 9.59 Å². The number of aliphatic carboxylic acids is 1. The Morgan fingerprint density at radius 1 is 1.10 bits per heavy atom. The molecule has 0 aromatic heterocycles. The lowest BCUT2D eigenvalue weighted by atomic mass is 10.2. The first kappa shape index (κ1) is 21.9. The minimum Gasteiger partial charge on any atom is -0.550 e. The monoisotopic (exact) mass is 325 g/mol. The van der Waals surface area contributed by atoms with Gasteiger partial charge in [0.05, 0.1) is 28.3 Å². The van der Waals surface area contributed by atoms with Gasteiger partial charge in [-0.1, -0.05) is 0 Å². The van der Waals surface area contributed by atoms with Crippen LogP contribution >= 0.6 is 12.4 Å². The van der Waals surface area contributed by atoms with Crippen molar-refractivity contribution in [1.82, 2.24) is 0 Å². The molecule has 21 heavy (non-hydrogen) atoms. The van der Waals surface area contributed by atoms with Crippen LogP contribution in [0.1, 0.15) is 25.7 Å². The normalized spacial score (nSPS) is 12.0. The summed E-state index contributed by atoms with van der Waals surface area (Å²) >= 11 is 0. The van der Waals surface area contributed by atoms with E-state index in [2.05, 4.69) is 4.74 Å². The van der Waals surface area contributed by atoms with Crippen LogP contribution in [0.25, 0.3) is 0 Å². The molecule has 0 heterocycles. The molecule has 0 amide bonds. The fourth-order valence-corrected chi connectivity index (χ4v) is 1.66. The van der Waals surface area contributed by atoms with E-state index in [-0.39, 0.29) is 31.7 Å². The molecule has 0 N–H and O–H groups in total. The van der Waals surface area contributed by atoms with Gasteiger partial charge in [0, 0.05) is 25.2 Å². The first-order valence-electron chi connectivity index (χ1n) is 6.40. The average molecular weight is 326 g/mol. The maximum atomic E-state index is 11.6. The number of likely N-dealkylation sites (N-methyl/N-ethyl adjacent to an activating group) is 1. The van der Waals surface area contributed by atoms with E-state index in [1.165, 1.54) is 7.11 Å². The van der Waals surface area contributed by atoms with Crippen molar-refractivity contribution in [2.45, 2.75) is 31.8 Å². The van der Waals surface area contributed by atoms with Gasteiger partial charge in [-0.2, -0.15) is 0 Å². The van der Waals surface area contributed by atoms with Crippen LogP contribution in [0.2, 0.25) is 0 Å². The molecule has 0 aliphatic heterocycles. The summed E-state index contributed by atoms with van der Waals surface area (Å²) in [5.41, 5.74) is 0. The van der Waals surface area contributed by atoms with Gasteiger partial charge in [0.25, 0.3) is 0 Å². The molecule has 0 aromatic carbocycles. The maximum absolute atomic E-state index is 11.6. The number of hydrogen-bond donors (Lipinski definition) is 0. The third-order valence-corrected chi connectivity index (χ3v) is 2.43. The van der Waals surface area contributed by atoms with Crippen LogP contribution in [0.3, 0.4) is 0 Å². The van der Waals surface area contributed by atoms with Crippen LogP contribution in [0, 0.1) is 0 Å². The number of methoxy groups -OCH3 is 1. The molecule has 0 aliphatic rings. The summed E-state index contributed by atoms with van der Waals surface area (Å²) in [4.78, 5) is 33.1. The Hall–Kier alpha value is -1.34. The molecule has 0 radical (unpaired) electrons. The van der Waals surface area contributed by atoms with E-state index in [1.807, 2.05) is 21.1 Å². The number of quaternary nitrogens is 1. The maximum Gasteiger partial charge on any atom is 0.306 e. The third-order valence-electron chi connectivity index (χ3n) is 2.43. The van der Waals surface area contributed by atoms with Gasteiger partial charge >= 0.3 is 11.9 Å². The van der Waals surface area contributed by atoms with Crippen LogP contribution in [-0.2, 0) is 23.9 Å². The van der Waals surface area contributed by atoms with Crippen molar-refractivity contribution >= 4 is 30.3 Å². The molecule has 124 valence electrons. The lowest BCUT2D eigenvalue weighted by Gasteiger charge is -2.29. The second-order valence-electron chi connectivity index (χ2n) is 5.59. The summed E-state index contributed by atoms with van der Waals surface area (Å²) < 4.78 is 10.0. The van der Waals surface area contributed by atoms with Crippen LogP contribution in [0.15, 0.2) is 0 Å². The molecule has 0 fully saturated rings. The lowest BCUT2D eigenvalue weighted by molar-refractivity contribution is -0.873. The van der Waals surface area contributed by atoms with E-state index in [9.17, 15) is 19.5 Å². The van der Waals surface area contributed by atoms with E-state index in [0.717, 1.165) is 0 Å². The van der Waals surface area contributed by atoms with Gasteiger partial charge in [-0.25, -0.2) is 0 Å². The van der Waals surface area contributed by atoms with E-state index in [1.54, 1.807) is 0 Å². The first-order valence-corrected chi connectivity index (χ1v) is 6.40. The van der Waals surface area contributed by atoms with E-state index in [4.69, 9.17) is 4.74 Å². The molecule has 1 atom stereocenters. The molecule has 1 unspecified atom stereocenters. The SMILES string of the molecule is COC(=O)CCCC(=O)OC(CC(=O)[O-])C[N+](C)(C)C.Cl. The Morgan fingerprint density at radius 3 is 2.05 bits per heavy atom. The fraction of sp³-hybridized carbons (Fsp3) is 0.769. The van der Waals surface area contributed by atoms with Crippen molar-refractivity contribution in [3.8, 4) is 0 Å². The van der Waals surface area contributed by atoms with Crippen LogP contribution < -0.4 is 5.11 Å². The van der Waals surface area contributed by atoms with Crippen molar-refractivity contribution < 1.29 is 33.4 Å². The van der Waals surface area contributed by atoms with E-state index >= 15 is 0 Å². The summed E-state index contributed by atoms with van der Waals surface area (Å²) in [5.74, 6) is -2.17. The standard InChI is InChI=1S/C13H23NO6.ClH/c1-14(2,3)9-10(8-11(15)16)20-13(18)7-5-6-12(17)19-4;/h10H,5-9H2,1-4H3;1H. The topological polar surface area (TPSA) is 92.7 Å². The van der Waals surface area contributed by atoms with Crippen LogP contribution in [0.4, 0.5) is 0 Å². The number of carbonyl (C=O) groups excluding carboxylic acids is 3. The van der Waals surface area contributed by atoms with Crippen LogP contribution in [0.5, 0.6) is 0 Å². The number of rotatable bonds is 9. The number of carboxylic acid groups (broad SMARTS) is 1. The van der Waals surface area contributed by atoms with Crippen molar-refractivity contribution in [2.75, 3.05) is 34.8 Å². The van der Waals surface area contributed by atoms with Gasteiger partial charge in [-0.15, -0.1) is 12.4 Å². The molecule has 8 heteroatoms. The number of ether oxygens (including phenoxy) is 2. The molecule has 0 saturated heterocycles. The molecule has 0 bridgehead atoms. The third kappa shape index (κ3) is 13.4. The number of carbonyl (C=O) groups is 3. The minimum atomic E-state index is -1.26. The average Bonchev–Trinajstić information content (AvgIpc) is 2.25. The first-order chi connectivity index (χ1) is 9.14. The molecule has 0 spiro atoms. The van der Waals surface area contributed by atoms with Gasteiger partial charge in [0.15, 0.2) is 6.10 Å². The molecule has 7 nitrogen and oxygen atoms in total. The Bertz CT molecular complexity index is 353. The van der Waals surface area contributed by atoms with Gasteiger partial charge in [0.2, 0.25) is 0 Å². The molecular formula is C13H24ClNO6. The summed E-state index contributed by atoms with van der Waals surface area (Å²) in [6.45, 7) is 0.372. The van der Waals surface area contributed by atoms with Crippen molar-refractivity contribution in [2.24, 2.45) is 0 Å². The zero-order valence-corrected chi connectivity index (χ0v) is 13.7. The van der Waals surface area contributed by atoms with Crippen molar-refractivity contribution in [3.05, 3.63) is 0 Å². The highest BCUT2D eigenvalue weighted by molar-refractivity contribution is 5.85. The predicted octanol–water partition coefficient (Wildman–Crippen LogP) is -0.490. The predicted molar refractivity (Wildman–Crippen MR) is 75.5 cm³/mol. The van der Waals surface area contributed by atoms with Gasteiger partial charge < -0.3 is 23.9 Å². The molecule has 0 aliphatic carbocycles. The number of nitrogens with zero attached hydrogens (tertiary/aromatic N) is 1. The fourth-order valence-electron chi connectivity index (χ4n) is 1.66. The smallest absolute Gasteiger partial charge is 0.306 e. The van der Waals surface area contributed by atoms with Gasteiger partial charge in [-0.05, 0) is 6.42 Å². The second kappa shape index (κ2) is 10.4. The van der Waals surface area contributed by atoms with Crippen LogP contribution in [-0.4, -0.2) is 63.3 Å². The highest BCUT2D eigenvalue weighted by Crippen LogP contribution is 2.07. The quantitative estimate of drug-likeness (QED) is 0.419. The molecule has 0 saturated carbocycles. The molecule has 0 aromatic rings. The zero-order chi connectivity index (χ0) is 15.8. The second-order valence-corrected chi connectivity index (χ2v) is 5.59. The Labute approximate surface area is 131 Å². The van der Waals surface area contributed by atoms with E-state index in [0.29, 0.717) is 17.4 Å². The number of halogens is 1. The highest BCUT2D eigenvalue weighted by atomic mass is 35.5. The number of esters is 2. The Morgan fingerprint density at radius 2 is 1.62 bits per heavy atom. The number of carboxylic acids is 1. The highest BCUT2D eigenvalue weighted by Gasteiger charge is 2.22. The summed E-state index contributed by atoms with van der Waals surface area (Å²) in [6.07, 6.45) is -0.570. The largest absolute Gasteiger partial charge is 0.550 e. The molecule has 0 rings (SSSR count). The zero-order valence-electron chi connectivity index (χ0n) is 12.9. The summed E-state index contributed by atoms with van der Waals surface area (Å²) in [6, 6.07) is 0. The number of hydrogen-bond acceptors (Lipinski definition) is 6. The van der Waals surface area contributed by atoms with Crippen molar-refractivity contribution in [1.29, 1.82) is 0 Å². The lowest BCUT2D eigenvalue weighted by Crippen LogP contribution is -2.45. The minimum absolute atomic E-state index is 0. The van der Waals surface area contributed by atoms with Crippen molar-refractivity contribution in [3.63, 3.8) is 0 Å². The summed E-state index contributed by atoms with van der Waals surface area (Å²) in [7, 11) is 6.88. The Balaban J connectivity index is 0. The van der Waals surface area contributed by atoms with E-state index < -0.39 is 24.0 Å². The summed E-state index contributed by atoms with van der Waals surface area (Å²) in [5, 5.41) is 10.6. The van der Waals surface area contributed by atoms with Gasteiger partial charge in [0.1, 0.15) is 6.54 Å². The molecular weight excluding hydrogens is 302 g/mol.